The summed E-state index contributed by atoms with van der Waals surface area (Å²) in [5.41, 5.74) is 8.18. The average Bonchev–Trinajstić information content (AvgIpc) is 2.49. The molecule has 0 saturated carbocycles. The van der Waals surface area contributed by atoms with E-state index in [0.29, 0.717) is 0 Å². The summed E-state index contributed by atoms with van der Waals surface area (Å²) in [6, 6.07) is 0. The molecule has 0 fully saturated rings. The van der Waals surface area contributed by atoms with Crippen molar-refractivity contribution >= 4 is 25.8 Å². The van der Waals surface area contributed by atoms with Crippen LogP contribution >= 0.6 is 0 Å². The van der Waals surface area contributed by atoms with E-state index in [1.165, 1.54) is 0 Å². The summed E-state index contributed by atoms with van der Waals surface area (Å²) in [5, 5.41) is 0.0176. The molecular formula is C16H28N2O5Si. The molecule has 0 aromatic heterocycles. The minimum Gasteiger partial charge on any atom is -0.460 e. The summed E-state index contributed by atoms with van der Waals surface area (Å²) < 4.78 is 16.0. The van der Waals surface area contributed by atoms with Gasteiger partial charge in [-0.1, -0.05) is 26.8 Å². The Balaban J connectivity index is 5.02. The van der Waals surface area contributed by atoms with Gasteiger partial charge in [0.05, 0.1) is 26.4 Å². The van der Waals surface area contributed by atoms with Gasteiger partial charge in [0.1, 0.15) is 0 Å². The first kappa shape index (κ1) is 22.4. The highest BCUT2D eigenvalue weighted by atomic mass is 28.4. The van der Waals surface area contributed by atoms with Crippen LogP contribution in [-0.2, 0) is 23.5 Å². The predicted octanol–water partition coefficient (Wildman–Crippen LogP) is 2.38. The van der Waals surface area contributed by atoms with Crippen LogP contribution in [-0.4, -0.2) is 57.0 Å². The first-order valence-electron chi connectivity index (χ1n) is 7.70. The van der Waals surface area contributed by atoms with Gasteiger partial charge in [0.25, 0.3) is 5.78 Å². The lowest BCUT2D eigenvalue weighted by molar-refractivity contribution is -0.140. The largest absolute Gasteiger partial charge is 0.460 e. The smallest absolute Gasteiger partial charge is 0.441 e. The van der Waals surface area contributed by atoms with E-state index in [2.05, 4.69) is 50.0 Å². The van der Waals surface area contributed by atoms with Crippen LogP contribution in [0.15, 0.2) is 12.7 Å². The van der Waals surface area contributed by atoms with Gasteiger partial charge in [0, 0.05) is 6.42 Å². The van der Waals surface area contributed by atoms with Gasteiger partial charge in [-0.15, -0.1) is 6.58 Å². The molecule has 0 radical (unpaired) electrons. The fourth-order valence-electron chi connectivity index (χ4n) is 1.50. The number of ether oxygens (including phenoxy) is 2. The summed E-state index contributed by atoms with van der Waals surface area (Å²) in [6.07, 6.45) is 0.827. The third-order valence-corrected chi connectivity index (χ3v) is 8.54. The highest BCUT2D eigenvalue weighted by molar-refractivity contribution is 6.74. The van der Waals surface area contributed by atoms with Crippen LogP contribution < -0.4 is 0 Å². The Kier molecular flexibility index (Phi) is 8.99. The Hall–Kier alpha value is -1.60. The Labute approximate surface area is 144 Å². The summed E-state index contributed by atoms with van der Waals surface area (Å²) >= 11 is 0. The number of nitrogens with zero attached hydrogens (tertiary/aromatic N) is 2. The molecule has 0 amide bonds. The van der Waals surface area contributed by atoms with Gasteiger partial charge >= 0.3 is 11.7 Å². The molecule has 24 heavy (non-hydrogen) atoms. The molecule has 0 rings (SSSR count). The van der Waals surface area contributed by atoms with Gasteiger partial charge in [-0.25, -0.2) is 4.79 Å². The third-order valence-electron chi connectivity index (χ3n) is 4.04. The Morgan fingerprint density at radius 3 is 2.33 bits per heavy atom. The molecule has 0 heterocycles. The molecule has 8 heteroatoms. The zero-order chi connectivity index (χ0) is 19.0. The van der Waals surface area contributed by atoms with E-state index in [9.17, 15) is 9.59 Å². The van der Waals surface area contributed by atoms with E-state index in [4.69, 9.17) is 14.7 Å². The molecule has 0 saturated heterocycles. The number of methoxy groups -OCH3 is 1. The molecule has 1 atom stereocenters. The molecule has 136 valence electrons. The van der Waals surface area contributed by atoms with E-state index >= 15 is 0 Å². The second kappa shape index (κ2) is 9.63. The lowest BCUT2D eigenvalue weighted by atomic mass is 10.1. The molecule has 0 bridgehead atoms. The highest BCUT2D eigenvalue weighted by Gasteiger charge is 2.38. The van der Waals surface area contributed by atoms with Crippen molar-refractivity contribution < 1.29 is 28.3 Å². The molecular weight excluding hydrogens is 328 g/mol. The van der Waals surface area contributed by atoms with Crippen molar-refractivity contribution in [1.29, 1.82) is 0 Å². The second-order valence-electron chi connectivity index (χ2n) is 6.88. The van der Waals surface area contributed by atoms with Crippen molar-refractivity contribution in [1.82, 2.24) is 0 Å². The molecule has 0 aliphatic rings. The molecule has 0 spiro atoms. The van der Waals surface area contributed by atoms with Crippen molar-refractivity contribution in [3.05, 3.63) is 18.2 Å². The minimum atomic E-state index is -2.01. The topological polar surface area (TPSA) is 98.2 Å². The van der Waals surface area contributed by atoms with Gasteiger partial charge in [0.2, 0.25) is 0 Å². The van der Waals surface area contributed by atoms with Crippen LogP contribution in [0.1, 0.15) is 27.2 Å². The maximum atomic E-state index is 12.1. The van der Waals surface area contributed by atoms with Crippen LogP contribution in [0.25, 0.3) is 5.53 Å². The number of carbonyl (C=O) groups excluding carboxylic acids is 2. The maximum Gasteiger partial charge on any atom is 0.441 e. The van der Waals surface area contributed by atoms with Gasteiger partial charge in [0.15, 0.2) is 8.32 Å². The molecule has 7 nitrogen and oxygen atoms in total. The zero-order valence-electron chi connectivity index (χ0n) is 15.4. The normalized spacial score (nSPS) is 12.9. The second-order valence-corrected chi connectivity index (χ2v) is 11.7. The maximum absolute atomic E-state index is 12.1. The Morgan fingerprint density at radius 1 is 1.33 bits per heavy atom. The van der Waals surface area contributed by atoms with Crippen LogP contribution in [0.5, 0.6) is 0 Å². The molecule has 0 aliphatic carbocycles. The lowest BCUT2D eigenvalue weighted by Crippen LogP contribution is -2.43. The standard InChI is InChI=1S/C16H28N2O5Si/c1-8-9-22-12(11-23-24(6,7)16(2,3)4)10-13(19)14(18-17)15(20)21-5/h8,12H,1,9-11H2,2-7H3/t12-/m0/s1. The SMILES string of the molecule is C=CCO[C@H](CO[Si](C)(C)C(C)(C)C)CC(=O)C(=[N+]=[N-])C(=O)OC. The fraction of sp³-hybridized carbons (Fsp3) is 0.688. The van der Waals surface area contributed by atoms with Gasteiger partial charge in [-0.3, -0.25) is 4.79 Å². The number of hydrogen-bond acceptors (Lipinski definition) is 5. The molecule has 0 unspecified atom stereocenters. The summed E-state index contributed by atoms with van der Waals surface area (Å²) in [6.45, 7) is 14.5. The fourth-order valence-corrected chi connectivity index (χ4v) is 2.53. The van der Waals surface area contributed by atoms with Crippen LogP contribution in [0.2, 0.25) is 18.1 Å². The van der Waals surface area contributed by atoms with Crippen molar-refractivity contribution in [2.75, 3.05) is 20.3 Å². The quantitative estimate of drug-likeness (QED) is 0.114. The van der Waals surface area contributed by atoms with Gasteiger partial charge in [-0.05, 0) is 18.1 Å². The first-order chi connectivity index (χ1) is 11.0. The summed E-state index contributed by atoms with van der Waals surface area (Å²) in [4.78, 5) is 26.3. The van der Waals surface area contributed by atoms with E-state index in [-0.39, 0.29) is 24.7 Å². The number of hydrogen-bond donors (Lipinski definition) is 0. The summed E-state index contributed by atoms with van der Waals surface area (Å²) in [5.74, 6) is -1.66. The minimum absolute atomic E-state index is 0.0176. The van der Waals surface area contributed by atoms with Crippen molar-refractivity contribution in [2.24, 2.45) is 0 Å². The Bertz CT molecular complexity index is 519. The Morgan fingerprint density at radius 2 is 1.92 bits per heavy atom. The first-order valence-corrected chi connectivity index (χ1v) is 10.6. The monoisotopic (exact) mass is 356 g/mol. The van der Waals surface area contributed by atoms with Gasteiger partial charge in [-0.2, -0.15) is 4.79 Å². The van der Waals surface area contributed by atoms with Crippen LogP contribution in [0.4, 0.5) is 0 Å². The number of ketones is 1. The molecule has 0 N–H and O–H groups in total. The predicted molar refractivity (Wildman–Crippen MR) is 93.4 cm³/mol. The van der Waals surface area contributed by atoms with Gasteiger partial charge < -0.3 is 19.4 Å². The van der Waals surface area contributed by atoms with Crippen molar-refractivity contribution in [2.45, 2.75) is 51.4 Å². The van der Waals surface area contributed by atoms with E-state index in [1.54, 1.807) is 6.08 Å². The van der Waals surface area contributed by atoms with Crippen LogP contribution in [0.3, 0.4) is 0 Å². The average molecular weight is 356 g/mol. The summed E-state index contributed by atoms with van der Waals surface area (Å²) in [7, 11) is -0.906. The number of esters is 1. The highest BCUT2D eigenvalue weighted by Crippen LogP contribution is 2.36. The third kappa shape index (κ3) is 6.88. The van der Waals surface area contributed by atoms with E-state index in [1.807, 2.05) is 0 Å². The van der Waals surface area contributed by atoms with E-state index < -0.39 is 31.9 Å². The number of rotatable bonds is 10. The zero-order valence-corrected chi connectivity index (χ0v) is 16.4. The lowest BCUT2D eigenvalue weighted by Gasteiger charge is -2.37. The number of Topliss-reactive ketones (excluding diaryl/α,β-unsaturated/α-hetero) is 1. The number of carbonyl (C=O) groups is 2. The molecule has 0 aromatic carbocycles. The van der Waals surface area contributed by atoms with Crippen molar-refractivity contribution in [3.8, 4) is 0 Å². The van der Waals surface area contributed by atoms with E-state index in [0.717, 1.165) is 7.11 Å². The van der Waals surface area contributed by atoms with Crippen molar-refractivity contribution in [3.63, 3.8) is 0 Å². The molecule has 0 aliphatic heterocycles. The van der Waals surface area contributed by atoms with Crippen LogP contribution in [0, 0.1) is 0 Å². The molecule has 0 aromatic rings.